The van der Waals surface area contributed by atoms with Crippen molar-refractivity contribution in [3.8, 4) is 16.8 Å². The van der Waals surface area contributed by atoms with Crippen LogP contribution >= 0.6 is 0 Å². The average molecular weight is 510 g/mol. The number of aryl methyl sites for hydroxylation is 2. The van der Waals surface area contributed by atoms with Crippen LogP contribution in [0.2, 0.25) is 0 Å². The molecule has 5 aromatic rings. The van der Waals surface area contributed by atoms with Crippen LogP contribution in [0.25, 0.3) is 27.7 Å². The molecule has 7 heteroatoms. The molecule has 0 fully saturated rings. The fourth-order valence-corrected chi connectivity index (χ4v) is 5.54. The zero-order valence-corrected chi connectivity index (χ0v) is 21.7. The molecule has 1 atom stereocenters. The van der Waals surface area contributed by atoms with Crippen molar-refractivity contribution in [1.29, 1.82) is 0 Å². The maximum atomic E-state index is 14.0. The number of sulfonamides is 1. The Bertz CT molecular complexity index is 1740. The van der Waals surface area contributed by atoms with E-state index in [0.29, 0.717) is 22.4 Å². The molecule has 186 valence electrons. The van der Waals surface area contributed by atoms with E-state index in [0.717, 1.165) is 22.3 Å². The number of hydrogen-bond acceptors (Lipinski definition) is 4. The van der Waals surface area contributed by atoms with Crippen molar-refractivity contribution in [1.82, 2.24) is 14.3 Å². The van der Waals surface area contributed by atoms with Gasteiger partial charge in [-0.15, -0.1) is 0 Å². The molecule has 6 nitrogen and oxygen atoms in total. The standard InChI is InChI=1S/C30H27N3O3S/c1-20-9-13-23(14-10-20)24-15-18-28-27(19-24)30(34)33(25-16-11-21(2)12-17-25)29(31-28)22(3)32-37(35,36)26-7-5-4-6-8-26/h4-19,22,32H,1-3H3. The predicted octanol–water partition coefficient (Wildman–Crippen LogP) is 5.71. The molecular formula is C30H27N3O3S. The molecule has 0 saturated heterocycles. The Morgan fingerprint density at radius 2 is 1.38 bits per heavy atom. The molecule has 0 aliphatic carbocycles. The van der Waals surface area contributed by atoms with Crippen molar-refractivity contribution in [3.63, 3.8) is 0 Å². The van der Waals surface area contributed by atoms with Gasteiger partial charge in [0.1, 0.15) is 5.82 Å². The quantitative estimate of drug-likeness (QED) is 0.318. The lowest BCUT2D eigenvalue weighted by molar-refractivity contribution is 0.555. The molecule has 1 heterocycles. The molecule has 0 aliphatic heterocycles. The van der Waals surface area contributed by atoms with Crippen molar-refractivity contribution in [3.05, 3.63) is 124 Å². The lowest BCUT2D eigenvalue weighted by atomic mass is 10.0. The molecule has 0 saturated carbocycles. The summed E-state index contributed by atoms with van der Waals surface area (Å²) >= 11 is 0. The summed E-state index contributed by atoms with van der Waals surface area (Å²) in [6.45, 7) is 5.69. The smallest absolute Gasteiger partial charge is 0.266 e. The summed E-state index contributed by atoms with van der Waals surface area (Å²) < 4.78 is 30.3. The number of rotatable bonds is 6. The maximum Gasteiger partial charge on any atom is 0.266 e. The number of nitrogens with one attached hydrogen (secondary N) is 1. The van der Waals surface area contributed by atoms with E-state index in [9.17, 15) is 13.2 Å². The molecule has 5 rings (SSSR count). The lowest BCUT2D eigenvalue weighted by Gasteiger charge is -2.20. The van der Waals surface area contributed by atoms with E-state index in [4.69, 9.17) is 4.98 Å². The first-order valence-corrected chi connectivity index (χ1v) is 13.5. The van der Waals surface area contributed by atoms with Crippen LogP contribution in [0.1, 0.15) is 29.9 Å². The number of benzene rings is 4. The van der Waals surface area contributed by atoms with Crippen LogP contribution in [-0.4, -0.2) is 18.0 Å². The predicted molar refractivity (Wildman–Crippen MR) is 147 cm³/mol. The van der Waals surface area contributed by atoms with Crippen LogP contribution in [0.15, 0.2) is 107 Å². The minimum Gasteiger partial charge on any atom is -0.268 e. The lowest BCUT2D eigenvalue weighted by Crippen LogP contribution is -2.33. The van der Waals surface area contributed by atoms with E-state index < -0.39 is 16.1 Å². The third-order valence-electron chi connectivity index (χ3n) is 6.34. The van der Waals surface area contributed by atoms with Gasteiger partial charge in [-0.3, -0.25) is 9.36 Å². The number of hydrogen-bond donors (Lipinski definition) is 1. The van der Waals surface area contributed by atoms with Gasteiger partial charge in [-0.2, -0.15) is 0 Å². The number of aromatic nitrogens is 2. The average Bonchev–Trinajstić information content (AvgIpc) is 2.90. The van der Waals surface area contributed by atoms with Gasteiger partial charge in [0.15, 0.2) is 0 Å². The van der Waals surface area contributed by atoms with Crippen LogP contribution in [0, 0.1) is 13.8 Å². The molecule has 0 spiro atoms. The van der Waals surface area contributed by atoms with E-state index in [1.807, 2.05) is 80.6 Å². The molecule has 0 amide bonds. The van der Waals surface area contributed by atoms with Crippen molar-refractivity contribution in [2.24, 2.45) is 0 Å². The Morgan fingerprint density at radius 1 is 0.784 bits per heavy atom. The highest BCUT2D eigenvalue weighted by Gasteiger charge is 2.24. The monoisotopic (exact) mass is 509 g/mol. The third-order valence-corrected chi connectivity index (χ3v) is 7.90. The summed E-state index contributed by atoms with van der Waals surface area (Å²) in [6, 6.07) is 28.6. The van der Waals surface area contributed by atoms with Crippen LogP contribution in [0.5, 0.6) is 0 Å². The van der Waals surface area contributed by atoms with Gasteiger partial charge in [0.25, 0.3) is 5.56 Å². The van der Waals surface area contributed by atoms with Gasteiger partial charge in [-0.1, -0.05) is 71.8 Å². The Labute approximate surface area is 216 Å². The second kappa shape index (κ2) is 9.76. The molecule has 37 heavy (non-hydrogen) atoms. The molecular weight excluding hydrogens is 482 g/mol. The van der Waals surface area contributed by atoms with Gasteiger partial charge in [0.2, 0.25) is 10.0 Å². The summed E-state index contributed by atoms with van der Waals surface area (Å²) in [5.74, 6) is 0.309. The molecule has 1 aromatic heterocycles. The first-order chi connectivity index (χ1) is 17.7. The Kier molecular flexibility index (Phi) is 6.50. The van der Waals surface area contributed by atoms with E-state index in [1.165, 1.54) is 16.7 Å². The van der Waals surface area contributed by atoms with Crippen molar-refractivity contribution in [2.75, 3.05) is 0 Å². The topological polar surface area (TPSA) is 81.1 Å². The zero-order valence-electron chi connectivity index (χ0n) is 20.8. The third kappa shape index (κ3) is 4.96. The van der Waals surface area contributed by atoms with Gasteiger partial charge < -0.3 is 0 Å². The SMILES string of the molecule is Cc1ccc(-c2ccc3nc(C(C)NS(=O)(=O)c4ccccc4)n(-c4ccc(C)cc4)c(=O)c3c2)cc1. The van der Waals surface area contributed by atoms with Gasteiger partial charge in [-0.05, 0) is 68.3 Å². The van der Waals surface area contributed by atoms with Crippen LogP contribution in [-0.2, 0) is 10.0 Å². The van der Waals surface area contributed by atoms with E-state index in [2.05, 4.69) is 4.72 Å². The summed E-state index contributed by atoms with van der Waals surface area (Å²) in [4.78, 5) is 18.9. The van der Waals surface area contributed by atoms with Gasteiger partial charge in [0, 0.05) is 0 Å². The second-order valence-electron chi connectivity index (χ2n) is 9.20. The fraction of sp³-hybridized carbons (Fsp3) is 0.133. The largest absolute Gasteiger partial charge is 0.268 e. The second-order valence-corrected chi connectivity index (χ2v) is 10.9. The fourth-order valence-electron chi connectivity index (χ4n) is 4.32. The van der Waals surface area contributed by atoms with Gasteiger partial charge in [0.05, 0.1) is 27.5 Å². The van der Waals surface area contributed by atoms with E-state index in [-0.39, 0.29) is 10.5 Å². The van der Waals surface area contributed by atoms with Gasteiger partial charge in [-0.25, -0.2) is 18.1 Å². The zero-order chi connectivity index (χ0) is 26.2. The Balaban J connectivity index is 1.67. The molecule has 0 aliphatic rings. The van der Waals surface area contributed by atoms with Crippen LogP contribution in [0.3, 0.4) is 0 Å². The van der Waals surface area contributed by atoms with Crippen molar-refractivity contribution >= 4 is 20.9 Å². The Morgan fingerprint density at radius 3 is 2.03 bits per heavy atom. The highest BCUT2D eigenvalue weighted by molar-refractivity contribution is 7.89. The summed E-state index contributed by atoms with van der Waals surface area (Å²) in [5.41, 5.74) is 4.98. The molecule has 1 unspecified atom stereocenters. The van der Waals surface area contributed by atoms with E-state index >= 15 is 0 Å². The van der Waals surface area contributed by atoms with E-state index in [1.54, 1.807) is 25.1 Å². The molecule has 0 radical (unpaired) electrons. The maximum absolute atomic E-state index is 14.0. The number of fused-ring (bicyclic) bond motifs is 1. The highest BCUT2D eigenvalue weighted by Crippen LogP contribution is 2.25. The summed E-state index contributed by atoms with van der Waals surface area (Å²) in [6.07, 6.45) is 0. The molecule has 1 N–H and O–H groups in total. The number of nitrogens with zero attached hydrogens (tertiary/aromatic N) is 2. The van der Waals surface area contributed by atoms with Crippen molar-refractivity contribution < 1.29 is 8.42 Å². The molecule has 4 aromatic carbocycles. The first kappa shape index (κ1) is 24.6. The minimum atomic E-state index is -3.83. The van der Waals surface area contributed by atoms with Crippen molar-refractivity contribution in [2.45, 2.75) is 31.7 Å². The molecule has 0 bridgehead atoms. The van der Waals surface area contributed by atoms with Gasteiger partial charge >= 0.3 is 0 Å². The summed E-state index contributed by atoms with van der Waals surface area (Å²) in [5, 5.41) is 0.459. The van der Waals surface area contributed by atoms with Crippen LogP contribution < -0.4 is 10.3 Å². The Hall–Kier alpha value is -4.07. The normalized spacial score (nSPS) is 12.5. The highest BCUT2D eigenvalue weighted by atomic mass is 32.2. The minimum absolute atomic E-state index is 0.148. The first-order valence-electron chi connectivity index (χ1n) is 12.0. The summed E-state index contributed by atoms with van der Waals surface area (Å²) in [7, 11) is -3.83. The van der Waals surface area contributed by atoms with Crippen LogP contribution in [0.4, 0.5) is 0 Å².